The lowest BCUT2D eigenvalue weighted by molar-refractivity contribution is 0.410. The molecule has 3 aromatic heterocycles. The molecule has 4 nitrogen and oxygen atoms in total. The average Bonchev–Trinajstić information content (AvgIpc) is 3.07. The third kappa shape index (κ3) is 2.26. The molecule has 0 aliphatic rings. The molecule has 0 unspecified atom stereocenters. The van der Waals surface area contributed by atoms with Gasteiger partial charge in [-0.1, -0.05) is 24.9 Å². The Morgan fingerprint density at radius 3 is 3.05 bits per heavy atom. The van der Waals surface area contributed by atoms with Gasteiger partial charge in [0.15, 0.2) is 0 Å². The molecule has 0 aromatic carbocycles. The maximum atomic E-state index is 5.17. The third-order valence-electron chi connectivity index (χ3n) is 3.37. The fourth-order valence-corrected chi connectivity index (χ4v) is 2.36. The molecular formula is C15H17N3O. The van der Waals surface area contributed by atoms with Crippen molar-refractivity contribution in [3.8, 4) is 11.1 Å². The molecule has 0 fully saturated rings. The summed E-state index contributed by atoms with van der Waals surface area (Å²) in [5, 5.41) is 4.14. The number of fused-ring (bicyclic) bond motifs is 1. The van der Waals surface area contributed by atoms with Gasteiger partial charge in [0.2, 0.25) is 0 Å². The zero-order valence-electron chi connectivity index (χ0n) is 11.0. The van der Waals surface area contributed by atoms with Gasteiger partial charge in [-0.25, -0.2) is 4.98 Å². The van der Waals surface area contributed by atoms with Crippen molar-refractivity contribution in [1.82, 2.24) is 14.5 Å². The summed E-state index contributed by atoms with van der Waals surface area (Å²) in [4.78, 5) is 4.41. The maximum Gasteiger partial charge on any atom is 0.144 e. The van der Waals surface area contributed by atoms with E-state index in [0.717, 1.165) is 35.3 Å². The van der Waals surface area contributed by atoms with Crippen LogP contribution in [0.2, 0.25) is 0 Å². The highest BCUT2D eigenvalue weighted by Crippen LogP contribution is 2.27. The van der Waals surface area contributed by atoms with Crippen LogP contribution in [0.25, 0.3) is 16.8 Å². The quantitative estimate of drug-likeness (QED) is 0.652. The smallest absolute Gasteiger partial charge is 0.144 e. The predicted octanol–water partition coefficient (Wildman–Crippen LogP) is 3.72. The van der Waals surface area contributed by atoms with E-state index in [1.807, 2.05) is 29.1 Å². The van der Waals surface area contributed by atoms with Crippen LogP contribution in [0.15, 0.2) is 41.5 Å². The molecule has 3 heterocycles. The standard InChI is InChI=1S/C15H17N3O/c1-2-3-4-7-14-13(11-19-17-14)12-6-5-9-18-10-8-16-15(12)18/h5-6,8-11H,2-4,7H2,1H3. The zero-order chi connectivity index (χ0) is 13.1. The molecule has 3 aromatic rings. The van der Waals surface area contributed by atoms with Crippen LogP contribution < -0.4 is 0 Å². The Hall–Kier alpha value is -2.10. The lowest BCUT2D eigenvalue weighted by Crippen LogP contribution is -1.92. The second-order valence-corrected chi connectivity index (χ2v) is 4.71. The highest BCUT2D eigenvalue weighted by Gasteiger charge is 2.13. The van der Waals surface area contributed by atoms with E-state index >= 15 is 0 Å². The van der Waals surface area contributed by atoms with Crippen LogP contribution in [-0.2, 0) is 6.42 Å². The summed E-state index contributed by atoms with van der Waals surface area (Å²) in [6, 6.07) is 4.09. The van der Waals surface area contributed by atoms with E-state index in [1.165, 1.54) is 12.8 Å². The van der Waals surface area contributed by atoms with Crippen LogP contribution in [0.5, 0.6) is 0 Å². The Bertz CT molecular complexity index is 669. The fourth-order valence-electron chi connectivity index (χ4n) is 2.36. The minimum absolute atomic E-state index is 0.947. The van der Waals surface area contributed by atoms with E-state index in [0.29, 0.717) is 0 Å². The summed E-state index contributed by atoms with van der Waals surface area (Å²) < 4.78 is 7.18. The fraction of sp³-hybridized carbons (Fsp3) is 0.333. The molecule has 19 heavy (non-hydrogen) atoms. The molecule has 0 atom stereocenters. The predicted molar refractivity (Wildman–Crippen MR) is 73.9 cm³/mol. The summed E-state index contributed by atoms with van der Waals surface area (Å²) in [7, 11) is 0. The average molecular weight is 255 g/mol. The monoisotopic (exact) mass is 255 g/mol. The number of aromatic nitrogens is 3. The van der Waals surface area contributed by atoms with Crippen LogP contribution >= 0.6 is 0 Å². The van der Waals surface area contributed by atoms with Crippen molar-refractivity contribution in [2.24, 2.45) is 0 Å². The largest absolute Gasteiger partial charge is 0.364 e. The molecule has 3 rings (SSSR count). The highest BCUT2D eigenvalue weighted by molar-refractivity contribution is 5.78. The molecule has 0 N–H and O–H groups in total. The molecule has 98 valence electrons. The first-order valence-electron chi connectivity index (χ1n) is 6.75. The molecule has 0 saturated heterocycles. The molecule has 4 heteroatoms. The highest BCUT2D eigenvalue weighted by atomic mass is 16.5. The lowest BCUT2D eigenvalue weighted by atomic mass is 10.0. The Kier molecular flexibility index (Phi) is 3.31. The minimum atomic E-state index is 0.947. The Labute approximate surface area is 112 Å². The molecule has 0 bridgehead atoms. The number of hydrogen-bond donors (Lipinski definition) is 0. The second-order valence-electron chi connectivity index (χ2n) is 4.71. The first kappa shape index (κ1) is 12.0. The van der Waals surface area contributed by atoms with Crippen LogP contribution in [0.4, 0.5) is 0 Å². The number of rotatable bonds is 5. The van der Waals surface area contributed by atoms with Crippen LogP contribution in [-0.4, -0.2) is 14.5 Å². The summed E-state index contributed by atoms with van der Waals surface area (Å²) in [6.07, 6.45) is 12.0. The first-order chi connectivity index (χ1) is 9.40. The molecule has 0 radical (unpaired) electrons. The molecule has 0 spiro atoms. The minimum Gasteiger partial charge on any atom is -0.364 e. The van der Waals surface area contributed by atoms with Crippen molar-refractivity contribution in [1.29, 1.82) is 0 Å². The van der Waals surface area contributed by atoms with Gasteiger partial charge in [0.05, 0.1) is 5.69 Å². The van der Waals surface area contributed by atoms with E-state index in [2.05, 4.69) is 23.1 Å². The third-order valence-corrected chi connectivity index (χ3v) is 3.37. The van der Waals surface area contributed by atoms with Gasteiger partial charge in [-0.15, -0.1) is 0 Å². The number of hydrogen-bond acceptors (Lipinski definition) is 3. The van der Waals surface area contributed by atoms with Gasteiger partial charge in [0.1, 0.15) is 11.9 Å². The zero-order valence-corrected chi connectivity index (χ0v) is 11.0. The van der Waals surface area contributed by atoms with E-state index in [1.54, 1.807) is 6.26 Å². The van der Waals surface area contributed by atoms with E-state index in [4.69, 9.17) is 4.52 Å². The molecule has 0 aliphatic heterocycles. The van der Waals surface area contributed by atoms with Gasteiger partial charge in [0, 0.05) is 29.7 Å². The van der Waals surface area contributed by atoms with Crippen LogP contribution in [0.3, 0.4) is 0 Å². The van der Waals surface area contributed by atoms with Gasteiger partial charge in [0.25, 0.3) is 0 Å². The molecular weight excluding hydrogens is 238 g/mol. The van der Waals surface area contributed by atoms with Crippen molar-refractivity contribution in [3.63, 3.8) is 0 Å². The summed E-state index contributed by atoms with van der Waals surface area (Å²) in [5.74, 6) is 0. The first-order valence-corrected chi connectivity index (χ1v) is 6.75. The SMILES string of the molecule is CCCCCc1nocc1-c1cccn2ccnc12. The molecule has 0 amide bonds. The second kappa shape index (κ2) is 5.26. The van der Waals surface area contributed by atoms with Crippen molar-refractivity contribution in [2.45, 2.75) is 32.6 Å². The van der Waals surface area contributed by atoms with Gasteiger partial charge in [-0.2, -0.15) is 0 Å². The van der Waals surface area contributed by atoms with Gasteiger partial charge in [-0.05, 0) is 25.0 Å². The Morgan fingerprint density at radius 2 is 2.16 bits per heavy atom. The Balaban J connectivity index is 1.98. The number of aryl methyl sites for hydroxylation is 1. The van der Waals surface area contributed by atoms with Gasteiger partial charge < -0.3 is 8.92 Å². The van der Waals surface area contributed by atoms with Gasteiger partial charge >= 0.3 is 0 Å². The van der Waals surface area contributed by atoms with Crippen molar-refractivity contribution >= 4 is 5.65 Å². The van der Waals surface area contributed by atoms with Crippen molar-refractivity contribution < 1.29 is 4.52 Å². The van der Waals surface area contributed by atoms with Crippen molar-refractivity contribution in [2.75, 3.05) is 0 Å². The van der Waals surface area contributed by atoms with Crippen LogP contribution in [0, 0.1) is 0 Å². The van der Waals surface area contributed by atoms with E-state index < -0.39 is 0 Å². The topological polar surface area (TPSA) is 43.3 Å². The van der Waals surface area contributed by atoms with Crippen LogP contribution in [0.1, 0.15) is 31.9 Å². The normalized spacial score (nSPS) is 11.2. The van der Waals surface area contributed by atoms with Gasteiger partial charge in [-0.3, -0.25) is 0 Å². The molecule has 0 saturated carbocycles. The van der Waals surface area contributed by atoms with E-state index in [9.17, 15) is 0 Å². The summed E-state index contributed by atoms with van der Waals surface area (Å²) in [6.45, 7) is 2.20. The molecule has 0 aliphatic carbocycles. The summed E-state index contributed by atoms with van der Waals surface area (Å²) in [5.41, 5.74) is 4.13. The number of imidazole rings is 1. The summed E-state index contributed by atoms with van der Waals surface area (Å²) >= 11 is 0. The number of pyridine rings is 1. The van der Waals surface area contributed by atoms with Crippen molar-refractivity contribution in [3.05, 3.63) is 42.7 Å². The Morgan fingerprint density at radius 1 is 1.21 bits per heavy atom. The number of nitrogens with zero attached hydrogens (tertiary/aromatic N) is 3. The maximum absolute atomic E-state index is 5.17. The van der Waals surface area contributed by atoms with E-state index in [-0.39, 0.29) is 0 Å². The lowest BCUT2D eigenvalue weighted by Gasteiger charge is -2.03. The number of unbranched alkanes of at least 4 members (excludes halogenated alkanes) is 2.